The van der Waals surface area contributed by atoms with E-state index in [1.807, 2.05) is 12.1 Å². The monoisotopic (exact) mass is 1030 g/mol. The number of aryl methyl sites for hydroxylation is 2. The second kappa shape index (κ2) is 18.0. The molecular formula is C75H76BN3. The Morgan fingerprint density at radius 1 is 0.443 bits per heavy atom. The lowest BCUT2D eigenvalue weighted by atomic mass is 9.33. The van der Waals surface area contributed by atoms with Crippen molar-refractivity contribution in [3.8, 4) is 22.3 Å². The van der Waals surface area contributed by atoms with E-state index < -0.39 is 6.85 Å². The maximum absolute atomic E-state index is 9.45. The van der Waals surface area contributed by atoms with Gasteiger partial charge in [0.2, 0.25) is 0 Å². The van der Waals surface area contributed by atoms with Crippen LogP contribution in [-0.4, -0.2) is 6.71 Å². The van der Waals surface area contributed by atoms with Gasteiger partial charge in [-0.1, -0.05) is 191 Å². The van der Waals surface area contributed by atoms with Crippen LogP contribution < -0.4 is 31.1 Å². The van der Waals surface area contributed by atoms with E-state index in [1.54, 1.807) is 0 Å². The van der Waals surface area contributed by atoms with Gasteiger partial charge in [-0.25, -0.2) is 0 Å². The van der Waals surface area contributed by atoms with E-state index in [2.05, 4.69) is 274 Å². The van der Waals surface area contributed by atoms with E-state index in [0.29, 0.717) is 5.56 Å². The van der Waals surface area contributed by atoms with Crippen molar-refractivity contribution in [2.45, 2.75) is 136 Å². The van der Waals surface area contributed by atoms with E-state index in [9.17, 15) is 4.11 Å². The Kier molecular flexibility index (Phi) is 10.8. The number of hydrogen-bond acceptors (Lipinski definition) is 3. The van der Waals surface area contributed by atoms with Gasteiger partial charge in [0.15, 0.2) is 0 Å². The third-order valence-corrected chi connectivity index (χ3v) is 18.6. The van der Waals surface area contributed by atoms with Gasteiger partial charge in [-0.05, 0) is 205 Å². The van der Waals surface area contributed by atoms with E-state index >= 15 is 0 Å². The van der Waals surface area contributed by atoms with E-state index in [0.717, 1.165) is 98.2 Å². The highest BCUT2D eigenvalue weighted by Gasteiger charge is 2.49. The second-order valence-electron chi connectivity index (χ2n) is 27.1. The molecule has 394 valence electrons. The van der Waals surface area contributed by atoms with Crippen molar-refractivity contribution in [1.29, 1.82) is 0 Å². The summed E-state index contributed by atoms with van der Waals surface area (Å²) in [5, 5.41) is 0. The summed E-state index contributed by atoms with van der Waals surface area (Å²) >= 11 is 0. The number of fused-ring (bicyclic) bond motifs is 6. The molecule has 0 radical (unpaired) electrons. The highest BCUT2D eigenvalue weighted by molar-refractivity contribution is 7.00. The lowest BCUT2D eigenvalue weighted by Crippen LogP contribution is -2.61. The van der Waals surface area contributed by atoms with E-state index in [-0.39, 0.29) is 33.8 Å². The molecule has 4 aliphatic rings. The third-order valence-electron chi connectivity index (χ3n) is 18.6. The molecule has 79 heavy (non-hydrogen) atoms. The van der Waals surface area contributed by atoms with Gasteiger partial charge in [0.25, 0.3) is 6.71 Å². The molecule has 9 aromatic carbocycles. The predicted molar refractivity (Wildman–Crippen MR) is 340 cm³/mol. The predicted octanol–water partition coefficient (Wildman–Crippen LogP) is 18.8. The fraction of sp³-hybridized carbons (Fsp3) is 0.280. The average Bonchev–Trinajstić information content (AvgIpc) is 1.13. The van der Waals surface area contributed by atoms with Crippen LogP contribution in [0.25, 0.3) is 22.3 Å². The van der Waals surface area contributed by atoms with Crippen molar-refractivity contribution in [3.63, 3.8) is 0 Å². The van der Waals surface area contributed by atoms with Crippen molar-refractivity contribution in [1.82, 2.24) is 0 Å². The number of anilines is 9. The summed E-state index contributed by atoms with van der Waals surface area (Å²) in [6.07, 6.45) is 3.26. The lowest BCUT2D eigenvalue weighted by Gasteiger charge is -2.46. The lowest BCUT2D eigenvalue weighted by molar-refractivity contribution is 0.332. The third kappa shape index (κ3) is 8.30. The van der Waals surface area contributed by atoms with E-state index in [1.165, 1.54) is 44.3 Å². The van der Waals surface area contributed by atoms with Gasteiger partial charge in [0.05, 0.1) is 5.69 Å². The first-order valence-electron chi connectivity index (χ1n) is 30.3. The molecule has 0 unspecified atom stereocenters. The molecule has 13 rings (SSSR count). The van der Waals surface area contributed by atoms with Gasteiger partial charge in [-0.3, -0.25) is 0 Å². The minimum atomic E-state index is -2.45. The topological polar surface area (TPSA) is 9.72 Å². The van der Waals surface area contributed by atoms with Crippen LogP contribution in [0.1, 0.15) is 138 Å². The molecule has 2 heterocycles. The first-order valence-corrected chi connectivity index (χ1v) is 28.8. The summed E-state index contributed by atoms with van der Waals surface area (Å²) in [5.74, 6) is 0. The standard InChI is InChI=1S/C75H76BN3/c1-48-39-68-70-69(40-48)79(65-42-51(30-29-49(65)2)50-23-17-14-18-24-50)66-44-56(77(54-25-19-15-20-26-54)55-27-21-16-22-28-55)33-35-62(66)76(70)63-45-60-61(75(12,13)47-74(60,10)11)46-67(63)78(68)64-36-32-53(71(3,4)5)43-57(64)52-31-34-58-59(41-52)73(8,9)38-37-72(58,6)7/h14-36,39-46H,37-38,47H2,1-13H3/i1D3. The van der Waals surface area contributed by atoms with E-state index in [4.69, 9.17) is 0 Å². The Morgan fingerprint density at radius 2 is 1.01 bits per heavy atom. The fourth-order valence-electron chi connectivity index (χ4n) is 14.5. The Hall–Kier alpha value is -7.56. The molecule has 2 aliphatic heterocycles. The van der Waals surface area contributed by atoms with Crippen molar-refractivity contribution >= 4 is 74.3 Å². The molecule has 0 fully saturated rings. The maximum atomic E-state index is 9.45. The molecule has 0 spiro atoms. The highest BCUT2D eigenvalue weighted by Crippen LogP contribution is 2.55. The van der Waals surface area contributed by atoms with Gasteiger partial charge in [-0.2, -0.15) is 0 Å². The molecule has 0 aromatic heterocycles. The first kappa shape index (κ1) is 47.4. The van der Waals surface area contributed by atoms with Crippen LogP contribution in [0.5, 0.6) is 0 Å². The number of para-hydroxylation sites is 2. The molecule has 9 aromatic rings. The normalized spacial score (nSPS) is 17.6. The van der Waals surface area contributed by atoms with Crippen molar-refractivity contribution in [3.05, 3.63) is 227 Å². The number of nitrogens with zero attached hydrogens (tertiary/aromatic N) is 3. The smallest absolute Gasteiger partial charge is 0.252 e. The number of hydrogen-bond donors (Lipinski definition) is 0. The van der Waals surface area contributed by atoms with Crippen LogP contribution in [-0.2, 0) is 27.1 Å². The molecule has 0 N–H and O–H groups in total. The van der Waals surface area contributed by atoms with Crippen molar-refractivity contribution in [2.75, 3.05) is 14.7 Å². The minimum absolute atomic E-state index is 0.00839. The summed E-state index contributed by atoms with van der Waals surface area (Å²) in [4.78, 5) is 7.25. The Labute approximate surface area is 476 Å². The van der Waals surface area contributed by atoms with Crippen LogP contribution in [0.4, 0.5) is 51.2 Å². The van der Waals surface area contributed by atoms with Crippen LogP contribution in [0, 0.1) is 13.8 Å². The van der Waals surface area contributed by atoms with Gasteiger partial charge in [0.1, 0.15) is 0 Å². The molecule has 0 atom stereocenters. The molecule has 0 saturated carbocycles. The number of rotatable bonds is 7. The second-order valence-corrected chi connectivity index (χ2v) is 27.1. The zero-order valence-electron chi connectivity index (χ0n) is 51.4. The zero-order valence-corrected chi connectivity index (χ0v) is 48.4. The van der Waals surface area contributed by atoms with Gasteiger partial charge in [-0.15, -0.1) is 0 Å². The molecule has 3 nitrogen and oxygen atoms in total. The number of benzene rings is 9. The molecular weight excluding hydrogens is 954 g/mol. The Balaban J connectivity index is 1.16. The maximum Gasteiger partial charge on any atom is 0.252 e. The molecule has 2 aliphatic carbocycles. The summed E-state index contributed by atoms with van der Waals surface area (Å²) in [5.41, 5.74) is 24.9. The zero-order chi connectivity index (χ0) is 57.6. The fourth-order valence-corrected chi connectivity index (χ4v) is 14.5. The summed E-state index contributed by atoms with van der Waals surface area (Å²) in [6, 6.07) is 69.2. The van der Waals surface area contributed by atoms with Gasteiger partial charge < -0.3 is 14.7 Å². The Bertz CT molecular complexity index is 3980. The van der Waals surface area contributed by atoms with Crippen molar-refractivity contribution < 1.29 is 4.11 Å². The van der Waals surface area contributed by atoms with Crippen LogP contribution in [0.3, 0.4) is 0 Å². The molecule has 0 amide bonds. The van der Waals surface area contributed by atoms with Crippen LogP contribution in [0.2, 0.25) is 0 Å². The SMILES string of the molecule is [2H]C([2H])([2H])c1cc2c3c(c1)N(c1ccc(C(C)(C)C)cc1-c1ccc4c(c1)C(C)(C)CCC4(C)C)c1cc4c(cc1B3c1ccc(N(c3ccccc3)c3ccccc3)cc1N2c1cc(-c2ccccc2)ccc1C)C(C)(C)CC4(C)C. The Morgan fingerprint density at radius 3 is 1.65 bits per heavy atom. The minimum Gasteiger partial charge on any atom is -0.311 e. The summed E-state index contributed by atoms with van der Waals surface area (Å²) < 4.78 is 28.3. The van der Waals surface area contributed by atoms with Crippen molar-refractivity contribution in [2.24, 2.45) is 0 Å². The first-order chi connectivity index (χ1) is 38.8. The summed E-state index contributed by atoms with van der Waals surface area (Å²) in [6.45, 7) is 25.7. The average molecular weight is 1030 g/mol. The highest BCUT2D eigenvalue weighted by atomic mass is 15.2. The van der Waals surface area contributed by atoms with Crippen LogP contribution in [0.15, 0.2) is 188 Å². The van der Waals surface area contributed by atoms with Gasteiger partial charge >= 0.3 is 0 Å². The largest absolute Gasteiger partial charge is 0.311 e. The van der Waals surface area contributed by atoms with Crippen LogP contribution >= 0.6 is 0 Å². The van der Waals surface area contributed by atoms with Gasteiger partial charge in [0, 0.05) is 55.2 Å². The molecule has 4 heteroatoms. The molecule has 0 saturated heterocycles. The quantitative estimate of drug-likeness (QED) is 0.147. The summed E-state index contributed by atoms with van der Waals surface area (Å²) in [7, 11) is 0. The molecule has 0 bridgehead atoms.